The molecule has 0 atom stereocenters. The molecule has 0 aliphatic carbocycles. The summed E-state index contributed by atoms with van der Waals surface area (Å²) in [4.78, 5) is 4.35. The highest BCUT2D eigenvalue weighted by Crippen LogP contribution is 2.19. The molecule has 1 N–H and O–H groups in total. The molecule has 0 fully saturated rings. The summed E-state index contributed by atoms with van der Waals surface area (Å²) in [5, 5.41) is 9.57. The van der Waals surface area contributed by atoms with Crippen molar-refractivity contribution in [2.24, 2.45) is 4.99 Å². The van der Waals surface area contributed by atoms with E-state index in [4.69, 9.17) is 0 Å². The molecular weight excluding hydrogens is 198 g/mol. The van der Waals surface area contributed by atoms with Crippen molar-refractivity contribution in [3.8, 4) is 5.75 Å². The van der Waals surface area contributed by atoms with Crippen LogP contribution in [0.1, 0.15) is 11.1 Å². The highest BCUT2D eigenvalue weighted by Gasteiger charge is 1.96. The van der Waals surface area contributed by atoms with Crippen molar-refractivity contribution < 1.29 is 5.11 Å². The maximum Gasteiger partial charge on any atom is 0.124 e. The van der Waals surface area contributed by atoms with E-state index >= 15 is 0 Å². The molecule has 2 aromatic carbocycles. The van der Waals surface area contributed by atoms with Gasteiger partial charge in [-0.3, -0.25) is 4.99 Å². The third-order valence-corrected chi connectivity index (χ3v) is 2.39. The van der Waals surface area contributed by atoms with Crippen LogP contribution in [0.25, 0.3) is 0 Å². The molecule has 0 saturated carbocycles. The Morgan fingerprint density at radius 1 is 1.00 bits per heavy atom. The number of hydrogen-bond acceptors (Lipinski definition) is 2. The summed E-state index contributed by atoms with van der Waals surface area (Å²) in [6, 6.07) is 15.0. The smallest absolute Gasteiger partial charge is 0.124 e. The van der Waals surface area contributed by atoms with Crippen molar-refractivity contribution in [3.05, 3.63) is 59.7 Å². The molecule has 0 spiro atoms. The van der Waals surface area contributed by atoms with E-state index in [0.29, 0.717) is 0 Å². The molecule has 0 aliphatic rings. The molecule has 16 heavy (non-hydrogen) atoms. The summed E-state index contributed by atoms with van der Waals surface area (Å²) in [6.45, 7) is 2.01. The molecule has 2 heteroatoms. The van der Waals surface area contributed by atoms with Crippen LogP contribution >= 0.6 is 0 Å². The monoisotopic (exact) mass is 211 g/mol. The van der Waals surface area contributed by atoms with E-state index in [1.807, 2.05) is 43.3 Å². The predicted octanol–water partition coefficient (Wildman–Crippen LogP) is 3.45. The summed E-state index contributed by atoms with van der Waals surface area (Å²) in [7, 11) is 0. The zero-order valence-electron chi connectivity index (χ0n) is 9.09. The van der Waals surface area contributed by atoms with Crippen LogP contribution in [0.2, 0.25) is 0 Å². The Kier molecular flexibility index (Phi) is 3.01. The second-order valence-electron chi connectivity index (χ2n) is 3.60. The van der Waals surface area contributed by atoms with Gasteiger partial charge in [-0.15, -0.1) is 0 Å². The second-order valence-corrected chi connectivity index (χ2v) is 3.60. The SMILES string of the molecule is Cc1ccccc1/N=C/c1ccccc1O. The number of aliphatic imine (C=N–C) groups is 1. The Labute approximate surface area is 94.9 Å². The molecule has 2 rings (SSSR count). The number of phenolic OH excluding ortho intramolecular Hbond substituents is 1. The van der Waals surface area contributed by atoms with Gasteiger partial charge in [-0.25, -0.2) is 0 Å². The molecular formula is C14H13NO. The lowest BCUT2D eigenvalue weighted by molar-refractivity contribution is 0.474. The van der Waals surface area contributed by atoms with E-state index in [-0.39, 0.29) is 5.75 Å². The van der Waals surface area contributed by atoms with Crippen molar-refractivity contribution in [1.82, 2.24) is 0 Å². The molecule has 0 unspecified atom stereocenters. The van der Waals surface area contributed by atoms with Gasteiger partial charge in [0.1, 0.15) is 5.75 Å². The minimum absolute atomic E-state index is 0.250. The van der Waals surface area contributed by atoms with E-state index in [0.717, 1.165) is 16.8 Å². The number of aromatic hydroxyl groups is 1. The van der Waals surface area contributed by atoms with Gasteiger partial charge in [-0.05, 0) is 30.7 Å². The Morgan fingerprint density at radius 3 is 2.44 bits per heavy atom. The maximum absolute atomic E-state index is 9.57. The lowest BCUT2D eigenvalue weighted by Crippen LogP contribution is -1.81. The summed E-state index contributed by atoms with van der Waals surface area (Å²) < 4.78 is 0. The molecule has 2 nitrogen and oxygen atoms in total. The zero-order valence-corrected chi connectivity index (χ0v) is 9.09. The highest BCUT2D eigenvalue weighted by molar-refractivity contribution is 5.85. The molecule has 0 amide bonds. The largest absolute Gasteiger partial charge is 0.507 e. The van der Waals surface area contributed by atoms with Gasteiger partial charge >= 0.3 is 0 Å². The minimum atomic E-state index is 0.250. The van der Waals surface area contributed by atoms with Crippen molar-refractivity contribution in [2.75, 3.05) is 0 Å². The Bertz CT molecular complexity index is 470. The molecule has 2 aromatic rings. The fourth-order valence-corrected chi connectivity index (χ4v) is 1.44. The van der Waals surface area contributed by atoms with Crippen LogP contribution in [0.3, 0.4) is 0 Å². The first-order valence-electron chi connectivity index (χ1n) is 5.15. The van der Waals surface area contributed by atoms with Gasteiger partial charge in [0.2, 0.25) is 0 Å². The Balaban J connectivity index is 2.29. The molecule has 0 aliphatic heterocycles. The number of nitrogens with zero attached hydrogens (tertiary/aromatic N) is 1. The van der Waals surface area contributed by atoms with E-state index < -0.39 is 0 Å². The third kappa shape index (κ3) is 2.28. The molecule has 0 bridgehead atoms. The predicted molar refractivity (Wildman–Crippen MR) is 66.5 cm³/mol. The van der Waals surface area contributed by atoms with E-state index in [1.165, 1.54) is 0 Å². The summed E-state index contributed by atoms with van der Waals surface area (Å²) in [6.07, 6.45) is 1.68. The van der Waals surface area contributed by atoms with Crippen LogP contribution in [-0.2, 0) is 0 Å². The summed E-state index contributed by atoms with van der Waals surface area (Å²) in [5.74, 6) is 0.250. The van der Waals surface area contributed by atoms with Crippen LogP contribution in [-0.4, -0.2) is 11.3 Å². The first-order valence-corrected chi connectivity index (χ1v) is 5.15. The van der Waals surface area contributed by atoms with Crippen molar-refractivity contribution in [1.29, 1.82) is 0 Å². The van der Waals surface area contributed by atoms with Crippen LogP contribution in [0, 0.1) is 6.92 Å². The van der Waals surface area contributed by atoms with Gasteiger partial charge in [0.15, 0.2) is 0 Å². The number of phenols is 1. The zero-order chi connectivity index (χ0) is 11.4. The average molecular weight is 211 g/mol. The quantitative estimate of drug-likeness (QED) is 0.758. The van der Waals surface area contributed by atoms with Crippen LogP contribution in [0.4, 0.5) is 5.69 Å². The Morgan fingerprint density at radius 2 is 1.69 bits per heavy atom. The van der Waals surface area contributed by atoms with Gasteiger partial charge in [-0.1, -0.05) is 30.3 Å². The average Bonchev–Trinajstić information content (AvgIpc) is 2.30. The summed E-state index contributed by atoms with van der Waals surface area (Å²) >= 11 is 0. The van der Waals surface area contributed by atoms with Gasteiger partial charge in [0.25, 0.3) is 0 Å². The lowest BCUT2D eigenvalue weighted by Gasteiger charge is -1.99. The third-order valence-electron chi connectivity index (χ3n) is 2.39. The van der Waals surface area contributed by atoms with Crippen LogP contribution in [0.5, 0.6) is 5.75 Å². The molecule has 0 radical (unpaired) electrons. The van der Waals surface area contributed by atoms with Crippen molar-refractivity contribution >= 4 is 11.9 Å². The second kappa shape index (κ2) is 4.62. The van der Waals surface area contributed by atoms with E-state index in [9.17, 15) is 5.11 Å². The number of hydrogen-bond donors (Lipinski definition) is 1. The normalized spacial score (nSPS) is 10.8. The fourth-order valence-electron chi connectivity index (χ4n) is 1.44. The number of aryl methyl sites for hydroxylation is 1. The lowest BCUT2D eigenvalue weighted by atomic mass is 10.2. The van der Waals surface area contributed by atoms with E-state index in [1.54, 1.807) is 18.3 Å². The molecule has 0 saturated heterocycles. The standard InChI is InChI=1S/C14H13NO/c1-11-6-2-4-8-13(11)15-10-12-7-3-5-9-14(12)16/h2-10,16H,1H3/b15-10+. The molecule has 0 aromatic heterocycles. The first-order chi connectivity index (χ1) is 7.77. The molecule has 80 valence electrons. The van der Waals surface area contributed by atoms with Gasteiger partial charge < -0.3 is 5.11 Å². The van der Waals surface area contributed by atoms with Crippen LogP contribution < -0.4 is 0 Å². The van der Waals surface area contributed by atoms with Gasteiger partial charge in [0, 0.05) is 11.8 Å². The number of rotatable bonds is 2. The van der Waals surface area contributed by atoms with Crippen LogP contribution in [0.15, 0.2) is 53.5 Å². The van der Waals surface area contributed by atoms with Crippen molar-refractivity contribution in [2.45, 2.75) is 6.92 Å². The number of para-hydroxylation sites is 2. The minimum Gasteiger partial charge on any atom is -0.507 e. The van der Waals surface area contributed by atoms with Gasteiger partial charge in [-0.2, -0.15) is 0 Å². The Hall–Kier alpha value is -2.09. The van der Waals surface area contributed by atoms with Gasteiger partial charge in [0.05, 0.1) is 5.69 Å². The van der Waals surface area contributed by atoms with Crippen molar-refractivity contribution in [3.63, 3.8) is 0 Å². The summed E-state index contributed by atoms with van der Waals surface area (Å²) in [5.41, 5.74) is 2.77. The number of benzene rings is 2. The first kappa shape index (κ1) is 10.4. The maximum atomic E-state index is 9.57. The highest BCUT2D eigenvalue weighted by atomic mass is 16.3. The molecule has 0 heterocycles. The van der Waals surface area contributed by atoms with E-state index in [2.05, 4.69) is 4.99 Å². The topological polar surface area (TPSA) is 32.6 Å². The fraction of sp³-hybridized carbons (Fsp3) is 0.0714.